The van der Waals surface area contributed by atoms with Crippen LogP contribution in [0.4, 0.5) is 0 Å². The van der Waals surface area contributed by atoms with Crippen molar-refractivity contribution in [3.8, 4) is 0 Å². The zero-order valence-electron chi connectivity index (χ0n) is 30.3. The number of hydrogen-bond donors (Lipinski definition) is 1. The number of para-hydroxylation sites is 1. The van der Waals surface area contributed by atoms with Gasteiger partial charge in [-0.25, -0.2) is 4.68 Å². The van der Waals surface area contributed by atoms with Crippen molar-refractivity contribution in [3.05, 3.63) is 85.5 Å². The van der Waals surface area contributed by atoms with Crippen LogP contribution in [-0.2, 0) is 35.3 Å². The predicted octanol–water partition coefficient (Wildman–Crippen LogP) is 4.02. The third kappa shape index (κ3) is 6.81. The normalized spacial score (nSPS) is 26.2. The van der Waals surface area contributed by atoms with Gasteiger partial charge >= 0.3 is 5.97 Å². The number of alkyl halides is 1. The van der Waals surface area contributed by atoms with Gasteiger partial charge in [-0.3, -0.25) is 19.2 Å². The first-order chi connectivity index (χ1) is 25.5. The van der Waals surface area contributed by atoms with E-state index in [0.29, 0.717) is 23.9 Å². The largest absolute Gasteiger partial charge is 0.455 e. The van der Waals surface area contributed by atoms with Gasteiger partial charge in [0, 0.05) is 24.8 Å². The summed E-state index contributed by atoms with van der Waals surface area (Å²) in [5.74, 6) is -3.77. The minimum atomic E-state index is -1.39. The number of esters is 1. The molecule has 6 rings (SSSR count). The van der Waals surface area contributed by atoms with E-state index >= 15 is 0 Å². The maximum Gasteiger partial charge on any atom is 0.313 e. The van der Waals surface area contributed by atoms with Gasteiger partial charge in [-0.15, -0.1) is 18.3 Å². The lowest BCUT2D eigenvalue weighted by Gasteiger charge is -2.39. The number of likely N-dealkylation sites (tertiary alicyclic amines) is 1. The molecule has 14 heteroatoms. The number of aliphatic hydroxyl groups is 1. The topological polar surface area (TPSA) is 147 Å². The fraction of sp³-hybridized carbons (Fsp3) is 0.487. The number of allylic oxidation sites excluding steroid dienone is 1. The number of amides is 3. The number of ether oxygens (including phenoxy) is 2. The molecule has 2 aromatic carbocycles. The molecule has 1 spiro atoms. The summed E-state index contributed by atoms with van der Waals surface area (Å²) in [4.78, 5) is 61.5. The minimum Gasteiger partial charge on any atom is -0.455 e. The van der Waals surface area contributed by atoms with Crippen LogP contribution in [0.1, 0.15) is 51.2 Å². The Balaban J connectivity index is 1.36. The highest BCUT2D eigenvalue weighted by molar-refractivity contribution is 9.09. The first kappa shape index (κ1) is 38.3. The van der Waals surface area contributed by atoms with E-state index in [-0.39, 0.29) is 43.4 Å². The third-order valence-electron chi connectivity index (χ3n) is 11.1. The van der Waals surface area contributed by atoms with Gasteiger partial charge in [0.25, 0.3) is 0 Å². The number of aromatic nitrogens is 3. The van der Waals surface area contributed by atoms with E-state index in [0.717, 1.165) is 5.52 Å². The molecule has 2 bridgehead atoms. The molecule has 1 aromatic heterocycles. The molecule has 53 heavy (non-hydrogen) atoms. The number of likely N-dealkylation sites (N-methyl/N-ethyl adjacent to an activating group) is 1. The van der Waals surface area contributed by atoms with E-state index in [1.54, 1.807) is 28.8 Å². The summed E-state index contributed by atoms with van der Waals surface area (Å²) in [6, 6.07) is 14.1. The van der Waals surface area contributed by atoms with Gasteiger partial charge in [0.1, 0.15) is 29.9 Å². The zero-order valence-corrected chi connectivity index (χ0v) is 31.9. The Morgan fingerprint density at radius 3 is 2.55 bits per heavy atom. The summed E-state index contributed by atoms with van der Waals surface area (Å²) in [7, 11) is 1.68. The lowest BCUT2D eigenvalue weighted by atomic mass is 9.70. The van der Waals surface area contributed by atoms with Crippen molar-refractivity contribution >= 4 is 50.7 Å². The van der Waals surface area contributed by atoms with Crippen LogP contribution in [0.5, 0.6) is 0 Å². The highest BCUT2D eigenvalue weighted by atomic mass is 79.9. The van der Waals surface area contributed by atoms with Crippen LogP contribution >= 0.6 is 15.9 Å². The Kier molecular flexibility index (Phi) is 11.5. The minimum absolute atomic E-state index is 0.0167. The summed E-state index contributed by atoms with van der Waals surface area (Å²) < 4.78 is 14.7. The van der Waals surface area contributed by atoms with Gasteiger partial charge in [0.05, 0.1) is 42.1 Å². The summed E-state index contributed by atoms with van der Waals surface area (Å²) in [5, 5.41) is 19.1. The van der Waals surface area contributed by atoms with Crippen molar-refractivity contribution in [2.75, 3.05) is 20.2 Å². The molecule has 3 aliphatic heterocycles. The predicted molar refractivity (Wildman–Crippen MR) is 200 cm³/mol. The third-order valence-corrected chi connectivity index (χ3v) is 11.9. The van der Waals surface area contributed by atoms with Gasteiger partial charge in [-0.05, 0) is 43.9 Å². The molecular weight excluding hydrogens is 744 g/mol. The van der Waals surface area contributed by atoms with E-state index in [9.17, 15) is 24.3 Å². The number of hydrogen-bond acceptors (Lipinski definition) is 9. The molecule has 4 heterocycles. The first-order valence-corrected chi connectivity index (χ1v) is 19.0. The van der Waals surface area contributed by atoms with Crippen LogP contribution in [0.25, 0.3) is 11.0 Å². The fourth-order valence-corrected chi connectivity index (χ4v) is 9.22. The van der Waals surface area contributed by atoms with Gasteiger partial charge < -0.3 is 29.3 Å². The molecule has 0 aliphatic carbocycles. The number of rotatable bonds is 16. The molecule has 1 unspecified atom stereocenters. The summed E-state index contributed by atoms with van der Waals surface area (Å²) >= 11 is 3.74. The summed E-state index contributed by atoms with van der Waals surface area (Å²) in [6.45, 7) is 11.0. The molecule has 1 N–H and O–H groups in total. The van der Waals surface area contributed by atoms with Crippen LogP contribution in [-0.4, -0.2) is 113 Å². The average Bonchev–Trinajstić information content (AvgIpc) is 3.89. The van der Waals surface area contributed by atoms with Crippen LogP contribution in [0.2, 0.25) is 0 Å². The van der Waals surface area contributed by atoms with E-state index in [4.69, 9.17) is 9.47 Å². The van der Waals surface area contributed by atoms with E-state index in [2.05, 4.69) is 39.4 Å². The SMILES string of the molecule is C=CCCC(=O)N(C)[C@H](C)[C@H](OC(=O)[C@H]1[C@@H]2O[C@@]3(CC2Br)[C@@H]1C(=O)N([C@@H](CC)CO)[C@@H]3C(=O)N(CC=C)Cn1nnc2ccccc21)c1ccccc1. The quantitative estimate of drug-likeness (QED) is 0.129. The fourth-order valence-electron chi connectivity index (χ4n) is 8.28. The Morgan fingerprint density at radius 1 is 1.15 bits per heavy atom. The Labute approximate surface area is 317 Å². The zero-order chi connectivity index (χ0) is 38.0. The number of benzene rings is 2. The van der Waals surface area contributed by atoms with Crippen molar-refractivity contribution in [3.63, 3.8) is 0 Å². The second kappa shape index (κ2) is 15.9. The Bertz CT molecular complexity index is 1850. The maximum absolute atomic E-state index is 15.0. The molecule has 3 amide bonds. The van der Waals surface area contributed by atoms with Crippen molar-refractivity contribution in [1.82, 2.24) is 29.7 Å². The average molecular weight is 792 g/mol. The van der Waals surface area contributed by atoms with E-state index in [1.165, 1.54) is 9.80 Å². The Hall–Kier alpha value is -4.40. The van der Waals surface area contributed by atoms with Crippen LogP contribution in [0, 0.1) is 11.8 Å². The highest BCUT2D eigenvalue weighted by Gasteiger charge is 2.77. The number of nitrogens with zero attached hydrogens (tertiary/aromatic N) is 6. The molecule has 0 radical (unpaired) electrons. The number of carbonyl (C=O) groups is 4. The Morgan fingerprint density at radius 2 is 1.87 bits per heavy atom. The van der Waals surface area contributed by atoms with Crippen molar-refractivity contribution in [1.29, 1.82) is 0 Å². The number of carbonyl (C=O) groups excluding carboxylic acids is 4. The molecular formula is C39H47BrN6O7. The second-order valence-electron chi connectivity index (χ2n) is 14.1. The molecule has 3 saturated heterocycles. The van der Waals surface area contributed by atoms with Crippen molar-refractivity contribution < 1.29 is 33.8 Å². The summed E-state index contributed by atoms with van der Waals surface area (Å²) in [6.07, 6.45) is 3.05. The number of aliphatic hydroxyl groups excluding tert-OH is 1. The maximum atomic E-state index is 15.0. The van der Waals surface area contributed by atoms with Crippen molar-refractivity contribution in [2.24, 2.45) is 11.8 Å². The van der Waals surface area contributed by atoms with Gasteiger partial charge in [0.2, 0.25) is 17.7 Å². The molecule has 0 saturated carbocycles. The summed E-state index contributed by atoms with van der Waals surface area (Å²) in [5.41, 5.74) is 0.681. The van der Waals surface area contributed by atoms with Crippen LogP contribution < -0.4 is 0 Å². The second-order valence-corrected chi connectivity index (χ2v) is 15.2. The van der Waals surface area contributed by atoms with Crippen LogP contribution in [0.3, 0.4) is 0 Å². The number of fused-ring (bicyclic) bond motifs is 2. The monoisotopic (exact) mass is 790 g/mol. The smallest absolute Gasteiger partial charge is 0.313 e. The highest BCUT2D eigenvalue weighted by Crippen LogP contribution is 2.61. The van der Waals surface area contributed by atoms with Gasteiger partial charge in [-0.1, -0.05) is 82.7 Å². The lowest BCUT2D eigenvalue weighted by Crippen LogP contribution is -2.59. The molecule has 9 atom stereocenters. The van der Waals surface area contributed by atoms with Crippen molar-refractivity contribution in [2.45, 2.75) is 87.0 Å². The lowest BCUT2D eigenvalue weighted by molar-refractivity contribution is -0.165. The standard InChI is InChI=1S/C39H47BrN6O7/c1-6-9-19-30(48)43(5)24(4)33(25-15-11-10-12-16-25)52-38(51)31-32-36(49)46(26(8-3)22-47)35(39(32)21-27(40)34(31)53-39)37(50)44(20-7-2)23-45-29-18-14-13-17-28(29)41-42-45/h6-7,10-18,24,26-27,31-35,47H,1-2,8-9,19-23H2,3-5H3/t24-,26+,27?,31-,32+,33+,34-,35-,39+/m1/s1. The molecule has 3 fully saturated rings. The van der Waals surface area contributed by atoms with E-state index in [1.807, 2.05) is 68.4 Å². The molecule has 282 valence electrons. The van der Waals surface area contributed by atoms with Crippen LogP contribution in [0.15, 0.2) is 79.9 Å². The molecule has 13 nitrogen and oxygen atoms in total. The number of halogens is 1. The van der Waals surface area contributed by atoms with E-state index < -0.39 is 65.6 Å². The van der Waals surface area contributed by atoms with Gasteiger partial charge in [0.15, 0.2) is 0 Å². The first-order valence-electron chi connectivity index (χ1n) is 18.1. The molecule has 3 aromatic rings. The molecule has 3 aliphatic rings. The van der Waals surface area contributed by atoms with Gasteiger partial charge in [-0.2, -0.15) is 0 Å².